The molecule has 2 fully saturated rings. The number of nitrogens with zero attached hydrogens (tertiary/aromatic N) is 8. The molecular weight excluding hydrogens is 602 g/mol. The number of carbonyl (C=O) groups excluding carboxylic acids is 1. The first-order valence-corrected chi connectivity index (χ1v) is 15.2. The summed E-state index contributed by atoms with van der Waals surface area (Å²) in [5.74, 6) is 1.13. The Morgan fingerprint density at radius 3 is 2.66 bits per heavy atom. The monoisotopic (exact) mass is 636 g/mol. The van der Waals surface area contributed by atoms with Crippen LogP contribution in [0.3, 0.4) is 0 Å². The molecule has 0 radical (unpaired) electrons. The maximum atomic E-state index is 16.8. The number of likely N-dealkylation sites (N-methyl/N-ethyl adjacent to an activating group) is 2. The summed E-state index contributed by atoms with van der Waals surface area (Å²) in [6.07, 6.45) is 8.85. The molecule has 4 aromatic rings. The molecular formula is C35H34F2N8O2. The number of benzene rings is 2. The number of hydrogen-bond acceptors (Lipinski definition) is 9. The number of aromatic hydroxyl groups is 1. The van der Waals surface area contributed by atoms with E-state index in [1.807, 2.05) is 25.9 Å². The number of halogens is 2. The van der Waals surface area contributed by atoms with Crippen molar-refractivity contribution in [3.63, 3.8) is 0 Å². The highest BCUT2D eigenvalue weighted by Gasteiger charge is 2.46. The predicted molar refractivity (Wildman–Crippen MR) is 177 cm³/mol. The Morgan fingerprint density at radius 2 is 2.00 bits per heavy atom. The highest BCUT2D eigenvalue weighted by Crippen LogP contribution is 2.41. The summed E-state index contributed by atoms with van der Waals surface area (Å²) in [7, 11) is 5.74. The lowest BCUT2D eigenvalue weighted by molar-refractivity contribution is -0.127. The Morgan fingerprint density at radius 1 is 1.26 bits per heavy atom. The van der Waals surface area contributed by atoms with Gasteiger partial charge in [0.1, 0.15) is 28.6 Å². The molecule has 1 N–H and O–H groups in total. The second-order valence-corrected chi connectivity index (χ2v) is 12.6. The maximum Gasteiger partial charge on any atom is 0.246 e. The molecule has 0 bridgehead atoms. The number of likely N-dealkylation sites (tertiary alicyclic amines) is 1. The molecule has 0 saturated carbocycles. The molecule has 12 heteroatoms. The summed E-state index contributed by atoms with van der Waals surface area (Å²) >= 11 is 0. The van der Waals surface area contributed by atoms with Gasteiger partial charge in [-0.25, -0.2) is 13.8 Å². The fourth-order valence-corrected chi connectivity index (χ4v) is 6.52. The summed E-state index contributed by atoms with van der Waals surface area (Å²) < 4.78 is 31.7. The van der Waals surface area contributed by atoms with Gasteiger partial charge in [-0.3, -0.25) is 9.78 Å². The quantitative estimate of drug-likeness (QED) is 0.234. The molecule has 1 unspecified atom stereocenters. The minimum Gasteiger partial charge on any atom is -0.508 e. The van der Waals surface area contributed by atoms with Gasteiger partial charge in [0.2, 0.25) is 11.9 Å². The van der Waals surface area contributed by atoms with E-state index in [1.54, 1.807) is 16.8 Å². The zero-order valence-corrected chi connectivity index (χ0v) is 26.6. The van der Waals surface area contributed by atoms with Crippen molar-refractivity contribution in [1.82, 2.24) is 24.8 Å². The van der Waals surface area contributed by atoms with Crippen molar-refractivity contribution in [3.8, 4) is 35.4 Å². The van der Waals surface area contributed by atoms with Crippen LogP contribution in [0.2, 0.25) is 0 Å². The van der Waals surface area contributed by atoms with Gasteiger partial charge in [-0.1, -0.05) is 18.6 Å². The molecule has 2 atom stereocenters. The number of hydrogen-bond donors (Lipinski definition) is 1. The Balaban J connectivity index is 1.52. The van der Waals surface area contributed by atoms with Crippen molar-refractivity contribution in [2.24, 2.45) is 5.41 Å². The molecule has 2 aromatic carbocycles. The number of carbonyl (C=O) groups is 1. The number of anilines is 2. The zero-order valence-electron chi connectivity index (χ0n) is 26.6. The van der Waals surface area contributed by atoms with Crippen LogP contribution < -0.4 is 9.80 Å². The summed E-state index contributed by atoms with van der Waals surface area (Å²) in [4.78, 5) is 34.2. The average Bonchev–Trinajstić information content (AvgIpc) is 3.35. The number of phenols is 1. The Hall–Kier alpha value is -5.33. The lowest BCUT2D eigenvalue weighted by Crippen LogP contribution is -2.58. The first kappa shape index (κ1) is 31.6. The molecule has 2 aromatic heterocycles. The van der Waals surface area contributed by atoms with Crippen LogP contribution in [-0.4, -0.2) is 95.2 Å². The number of fused-ring (bicyclic) bond motifs is 2. The number of amides is 1. The van der Waals surface area contributed by atoms with Crippen molar-refractivity contribution >= 4 is 39.3 Å². The number of pyridine rings is 1. The smallest absolute Gasteiger partial charge is 0.246 e. The van der Waals surface area contributed by atoms with Crippen LogP contribution >= 0.6 is 0 Å². The Bertz CT molecular complexity index is 2030. The largest absolute Gasteiger partial charge is 0.508 e. The van der Waals surface area contributed by atoms with Gasteiger partial charge in [0, 0.05) is 56.4 Å². The normalized spacial score (nSPS) is 19.6. The van der Waals surface area contributed by atoms with Crippen molar-refractivity contribution in [3.05, 3.63) is 60.3 Å². The van der Waals surface area contributed by atoms with Crippen molar-refractivity contribution in [2.45, 2.75) is 25.4 Å². The fraction of sp³-hybridized carbons (Fsp3) is 0.343. The SMILES string of the molecule is C#Cc1c(F)ccc2cc(O)cc(-c3ncc4c(N(C)C[C@H]5N(C(=O)C=C)CCC5(C)C#N)nc(N5CC(N(C)C)C5)nc4c3F)c12. The van der Waals surface area contributed by atoms with E-state index >= 15 is 4.39 Å². The molecule has 0 spiro atoms. The maximum absolute atomic E-state index is 16.8. The van der Waals surface area contributed by atoms with E-state index in [4.69, 9.17) is 11.4 Å². The summed E-state index contributed by atoms with van der Waals surface area (Å²) in [6.45, 7) is 7.33. The average molecular weight is 637 g/mol. The van der Waals surface area contributed by atoms with Gasteiger partial charge < -0.3 is 24.7 Å². The third-order valence-corrected chi connectivity index (χ3v) is 9.48. The molecule has 47 heavy (non-hydrogen) atoms. The van der Waals surface area contributed by atoms with Crippen LogP contribution in [0.1, 0.15) is 18.9 Å². The van der Waals surface area contributed by atoms with Crippen LogP contribution in [-0.2, 0) is 4.79 Å². The number of aromatic nitrogens is 3. The van der Waals surface area contributed by atoms with Gasteiger partial charge >= 0.3 is 0 Å². The van der Waals surface area contributed by atoms with E-state index in [9.17, 15) is 19.6 Å². The molecule has 240 valence electrons. The molecule has 4 heterocycles. The summed E-state index contributed by atoms with van der Waals surface area (Å²) in [5, 5.41) is 21.6. The zero-order chi connectivity index (χ0) is 33.8. The van der Waals surface area contributed by atoms with Crippen LogP contribution in [0.5, 0.6) is 5.75 Å². The van der Waals surface area contributed by atoms with E-state index in [-0.39, 0.29) is 52.0 Å². The Kier molecular flexibility index (Phi) is 7.94. The van der Waals surface area contributed by atoms with Crippen LogP contribution in [0, 0.1) is 40.7 Å². The van der Waals surface area contributed by atoms with Gasteiger partial charge in [-0.05, 0) is 57.1 Å². The van der Waals surface area contributed by atoms with Crippen molar-refractivity contribution < 1.29 is 18.7 Å². The van der Waals surface area contributed by atoms with Crippen LogP contribution in [0.25, 0.3) is 32.9 Å². The van der Waals surface area contributed by atoms with E-state index in [0.717, 1.165) is 0 Å². The van der Waals surface area contributed by atoms with E-state index < -0.39 is 23.1 Å². The Labute approximate surface area is 271 Å². The molecule has 2 aliphatic heterocycles. The van der Waals surface area contributed by atoms with E-state index in [0.29, 0.717) is 48.6 Å². The standard InChI is InChI=1S/C35H34F2N8O2/c1-7-23-26(36)10-9-20-13-22(46)14-24(29(20)23)31-30(37)32-25(15-39-31)33(41-34(40-32)44-16-21(17-44)42(4)5)43(6)18-27-35(3,19-38)11-12-45(27)28(47)8-2/h1,8-10,13-15,21,27,46H,2,11-12,16-18H2,3-6H3/t27-,35?/m1/s1. The first-order valence-electron chi connectivity index (χ1n) is 15.2. The van der Waals surface area contributed by atoms with Gasteiger partial charge in [-0.15, -0.1) is 6.42 Å². The third-order valence-electron chi connectivity index (χ3n) is 9.48. The molecule has 1 amide bonds. The lowest BCUT2D eigenvalue weighted by Gasteiger charge is -2.43. The number of terminal acetylenes is 1. The summed E-state index contributed by atoms with van der Waals surface area (Å²) in [6, 6.07) is 7.55. The minimum atomic E-state index is -0.827. The van der Waals surface area contributed by atoms with Gasteiger partial charge in [0.15, 0.2) is 5.82 Å². The van der Waals surface area contributed by atoms with Gasteiger partial charge in [-0.2, -0.15) is 10.2 Å². The molecule has 6 rings (SSSR count). The summed E-state index contributed by atoms with van der Waals surface area (Å²) in [5.41, 5.74) is -0.976. The third kappa shape index (κ3) is 5.25. The molecule has 10 nitrogen and oxygen atoms in total. The first-order chi connectivity index (χ1) is 22.4. The molecule has 2 saturated heterocycles. The minimum absolute atomic E-state index is 0.0289. The second kappa shape index (κ2) is 11.8. The lowest BCUT2D eigenvalue weighted by atomic mass is 9.83. The second-order valence-electron chi connectivity index (χ2n) is 12.6. The van der Waals surface area contributed by atoms with E-state index in [1.165, 1.54) is 36.5 Å². The van der Waals surface area contributed by atoms with Gasteiger partial charge in [0.25, 0.3) is 0 Å². The number of rotatable bonds is 7. The number of phenolic OH excluding ortho intramolecular Hbond substituents is 1. The fourth-order valence-electron chi connectivity index (χ4n) is 6.52. The highest BCUT2D eigenvalue weighted by molar-refractivity contribution is 6.03. The number of nitriles is 1. The van der Waals surface area contributed by atoms with Crippen molar-refractivity contribution in [1.29, 1.82) is 5.26 Å². The van der Waals surface area contributed by atoms with Crippen LogP contribution in [0.4, 0.5) is 20.5 Å². The topological polar surface area (TPSA) is 113 Å². The van der Waals surface area contributed by atoms with Crippen molar-refractivity contribution in [2.75, 3.05) is 57.1 Å². The van der Waals surface area contributed by atoms with Gasteiger partial charge in [0.05, 0.1) is 28.5 Å². The molecule has 2 aliphatic rings. The molecule has 0 aliphatic carbocycles. The predicted octanol–water partition coefficient (Wildman–Crippen LogP) is 4.31. The van der Waals surface area contributed by atoms with Crippen LogP contribution in [0.15, 0.2) is 43.1 Å². The highest BCUT2D eigenvalue weighted by atomic mass is 19.1. The van der Waals surface area contributed by atoms with E-state index in [2.05, 4.69) is 33.4 Å².